The lowest BCUT2D eigenvalue weighted by Gasteiger charge is -2.37. The monoisotopic (exact) mass is 385 g/mol. The van der Waals surface area contributed by atoms with Gasteiger partial charge in [-0.05, 0) is 66.0 Å². The molecule has 3 nitrogen and oxygen atoms in total. The lowest BCUT2D eigenvalue weighted by Crippen LogP contribution is -2.39. The molecule has 2 heterocycles. The number of carbonyl (C=O) groups is 1. The first-order chi connectivity index (χ1) is 12.6. The lowest BCUT2D eigenvalue weighted by molar-refractivity contribution is -0.143. The molecule has 1 saturated heterocycles. The van der Waals surface area contributed by atoms with Crippen molar-refractivity contribution in [3.8, 4) is 0 Å². The number of carboxylic acid groups (broad SMARTS) is 1. The summed E-state index contributed by atoms with van der Waals surface area (Å²) in [5.74, 6) is -0.898. The molecule has 0 aliphatic carbocycles. The maximum Gasteiger partial charge on any atom is 0.306 e. The SMILES string of the molecule is O=C(O)C1CCN(C(c2ccc(Cl)cc2)c2csc3ccccc23)CC1. The van der Waals surface area contributed by atoms with Gasteiger partial charge in [-0.1, -0.05) is 41.9 Å². The van der Waals surface area contributed by atoms with E-state index in [2.05, 4.69) is 46.7 Å². The van der Waals surface area contributed by atoms with Crippen LogP contribution >= 0.6 is 22.9 Å². The van der Waals surface area contributed by atoms with E-state index in [0.717, 1.165) is 18.1 Å². The third-order valence-corrected chi connectivity index (χ3v) is 6.47. The highest BCUT2D eigenvalue weighted by Gasteiger charge is 2.31. The highest BCUT2D eigenvalue weighted by Crippen LogP contribution is 2.39. The molecule has 1 unspecified atom stereocenters. The number of likely N-dealkylation sites (tertiary alicyclic amines) is 1. The minimum Gasteiger partial charge on any atom is -0.481 e. The first-order valence-corrected chi connectivity index (χ1v) is 10.1. The zero-order valence-electron chi connectivity index (χ0n) is 14.3. The Kier molecular flexibility index (Phi) is 4.98. The maximum absolute atomic E-state index is 11.3. The number of nitrogens with zero attached hydrogens (tertiary/aromatic N) is 1. The first-order valence-electron chi connectivity index (χ1n) is 8.82. The van der Waals surface area contributed by atoms with E-state index in [1.807, 2.05) is 12.1 Å². The second kappa shape index (κ2) is 7.39. The standard InChI is InChI=1S/C21H20ClNO2S/c22-16-7-5-14(6-8-16)20(23-11-9-15(10-12-23)21(24)25)18-13-26-19-4-2-1-3-17(18)19/h1-8,13,15,20H,9-12H2,(H,24,25). The fourth-order valence-corrected chi connectivity index (χ4v) is 4.95. The highest BCUT2D eigenvalue weighted by atomic mass is 35.5. The van der Waals surface area contributed by atoms with Crippen molar-refractivity contribution < 1.29 is 9.90 Å². The molecule has 1 aromatic heterocycles. The normalized spacial score (nSPS) is 17.4. The van der Waals surface area contributed by atoms with Gasteiger partial charge in [0, 0.05) is 9.72 Å². The van der Waals surface area contributed by atoms with E-state index in [0.29, 0.717) is 12.8 Å². The van der Waals surface area contributed by atoms with Crippen LogP contribution in [0.1, 0.15) is 30.0 Å². The van der Waals surface area contributed by atoms with Crippen molar-refractivity contribution in [2.75, 3.05) is 13.1 Å². The summed E-state index contributed by atoms with van der Waals surface area (Å²) in [5, 5.41) is 13.6. The molecule has 5 heteroatoms. The summed E-state index contributed by atoms with van der Waals surface area (Å²) in [5.41, 5.74) is 2.49. The van der Waals surface area contributed by atoms with Crippen molar-refractivity contribution in [1.82, 2.24) is 4.90 Å². The second-order valence-corrected chi connectivity index (χ2v) is 8.14. The van der Waals surface area contributed by atoms with Crippen LogP contribution in [-0.4, -0.2) is 29.1 Å². The number of piperidine rings is 1. The van der Waals surface area contributed by atoms with E-state index >= 15 is 0 Å². The molecule has 4 rings (SSSR count). The van der Waals surface area contributed by atoms with Crippen LogP contribution in [0, 0.1) is 5.92 Å². The molecule has 1 atom stereocenters. The van der Waals surface area contributed by atoms with E-state index in [4.69, 9.17) is 11.6 Å². The number of thiophene rings is 1. The summed E-state index contributed by atoms with van der Waals surface area (Å²) in [4.78, 5) is 13.7. The fourth-order valence-electron chi connectivity index (χ4n) is 3.85. The van der Waals surface area contributed by atoms with Crippen molar-refractivity contribution in [3.63, 3.8) is 0 Å². The predicted molar refractivity (Wildman–Crippen MR) is 107 cm³/mol. The molecule has 0 amide bonds. The van der Waals surface area contributed by atoms with Gasteiger partial charge in [-0.3, -0.25) is 9.69 Å². The van der Waals surface area contributed by atoms with E-state index in [1.54, 1.807) is 11.3 Å². The van der Waals surface area contributed by atoms with Gasteiger partial charge in [0.25, 0.3) is 0 Å². The van der Waals surface area contributed by atoms with Gasteiger partial charge in [0.2, 0.25) is 0 Å². The Morgan fingerprint density at radius 2 is 1.81 bits per heavy atom. The predicted octanol–water partition coefficient (Wildman–Crippen LogP) is 5.44. The molecule has 1 aliphatic heterocycles. The van der Waals surface area contributed by atoms with Crippen LogP contribution in [0.4, 0.5) is 0 Å². The van der Waals surface area contributed by atoms with Gasteiger partial charge in [0.05, 0.1) is 12.0 Å². The van der Waals surface area contributed by atoms with Crippen LogP contribution in [0.25, 0.3) is 10.1 Å². The molecule has 1 N–H and O–H groups in total. The number of hydrogen-bond acceptors (Lipinski definition) is 3. The zero-order chi connectivity index (χ0) is 18.1. The summed E-state index contributed by atoms with van der Waals surface area (Å²) in [7, 11) is 0. The molecule has 26 heavy (non-hydrogen) atoms. The zero-order valence-corrected chi connectivity index (χ0v) is 15.8. The van der Waals surface area contributed by atoms with Crippen molar-refractivity contribution in [3.05, 3.63) is 70.1 Å². The van der Waals surface area contributed by atoms with Crippen molar-refractivity contribution in [2.24, 2.45) is 5.92 Å². The average Bonchev–Trinajstić information content (AvgIpc) is 3.08. The number of halogens is 1. The Balaban J connectivity index is 1.73. The van der Waals surface area contributed by atoms with Gasteiger partial charge < -0.3 is 5.11 Å². The van der Waals surface area contributed by atoms with Crippen LogP contribution in [0.5, 0.6) is 0 Å². The molecule has 2 aromatic carbocycles. The van der Waals surface area contributed by atoms with Gasteiger partial charge in [-0.25, -0.2) is 0 Å². The van der Waals surface area contributed by atoms with Crippen molar-refractivity contribution in [1.29, 1.82) is 0 Å². The van der Waals surface area contributed by atoms with Gasteiger partial charge in [0.15, 0.2) is 0 Å². The molecule has 3 aromatic rings. The lowest BCUT2D eigenvalue weighted by atomic mass is 9.91. The number of rotatable bonds is 4. The molecule has 0 radical (unpaired) electrons. The summed E-state index contributed by atoms with van der Waals surface area (Å²) in [6.07, 6.45) is 1.39. The maximum atomic E-state index is 11.3. The third kappa shape index (κ3) is 3.37. The minimum atomic E-state index is -0.673. The molecule has 0 bridgehead atoms. The smallest absolute Gasteiger partial charge is 0.306 e. The Bertz CT molecular complexity index is 913. The van der Waals surface area contributed by atoms with E-state index in [-0.39, 0.29) is 12.0 Å². The molecule has 1 fully saturated rings. The molecule has 0 saturated carbocycles. The van der Waals surface area contributed by atoms with Gasteiger partial charge in [0.1, 0.15) is 0 Å². The molecule has 0 spiro atoms. The fraction of sp³-hybridized carbons (Fsp3) is 0.286. The van der Waals surface area contributed by atoms with Crippen LogP contribution in [0.15, 0.2) is 53.9 Å². The Labute approximate surface area is 161 Å². The largest absolute Gasteiger partial charge is 0.481 e. The topological polar surface area (TPSA) is 40.5 Å². The summed E-state index contributed by atoms with van der Waals surface area (Å²) in [6, 6.07) is 16.6. The van der Waals surface area contributed by atoms with Gasteiger partial charge in [-0.15, -0.1) is 11.3 Å². The number of aliphatic carboxylic acids is 1. The molecule has 134 valence electrons. The van der Waals surface area contributed by atoms with E-state index in [1.165, 1.54) is 21.2 Å². The summed E-state index contributed by atoms with van der Waals surface area (Å²) < 4.78 is 1.28. The Morgan fingerprint density at radius 3 is 2.50 bits per heavy atom. The van der Waals surface area contributed by atoms with E-state index < -0.39 is 5.97 Å². The Morgan fingerprint density at radius 1 is 1.12 bits per heavy atom. The second-order valence-electron chi connectivity index (χ2n) is 6.79. The minimum absolute atomic E-state index is 0.123. The number of fused-ring (bicyclic) bond motifs is 1. The van der Waals surface area contributed by atoms with Crippen molar-refractivity contribution >= 4 is 39.0 Å². The Hall–Kier alpha value is -1.88. The first kappa shape index (κ1) is 17.5. The average molecular weight is 386 g/mol. The third-order valence-electron chi connectivity index (χ3n) is 5.24. The van der Waals surface area contributed by atoms with Crippen LogP contribution in [0.3, 0.4) is 0 Å². The van der Waals surface area contributed by atoms with Gasteiger partial charge >= 0.3 is 5.97 Å². The summed E-state index contributed by atoms with van der Waals surface area (Å²) in [6.45, 7) is 1.57. The van der Waals surface area contributed by atoms with Crippen LogP contribution < -0.4 is 0 Å². The van der Waals surface area contributed by atoms with Crippen LogP contribution in [0.2, 0.25) is 5.02 Å². The molecular formula is C21H20ClNO2S. The van der Waals surface area contributed by atoms with Gasteiger partial charge in [-0.2, -0.15) is 0 Å². The molecular weight excluding hydrogens is 366 g/mol. The number of carboxylic acids is 1. The van der Waals surface area contributed by atoms with Crippen molar-refractivity contribution in [2.45, 2.75) is 18.9 Å². The number of hydrogen-bond donors (Lipinski definition) is 1. The summed E-state index contributed by atoms with van der Waals surface area (Å²) >= 11 is 7.86. The quantitative estimate of drug-likeness (QED) is 0.650. The number of benzene rings is 2. The highest BCUT2D eigenvalue weighted by molar-refractivity contribution is 7.17. The van der Waals surface area contributed by atoms with E-state index in [9.17, 15) is 9.90 Å². The molecule has 1 aliphatic rings. The van der Waals surface area contributed by atoms with Crippen LogP contribution in [-0.2, 0) is 4.79 Å².